The number of rotatable bonds is 6. The van der Waals surface area contributed by atoms with E-state index in [4.69, 9.17) is 4.42 Å². The summed E-state index contributed by atoms with van der Waals surface area (Å²) < 4.78 is 45.4. The summed E-state index contributed by atoms with van der Waals surface area (Å²) >= 11 is 0. The maximum absolute atomic E-state index is 13.4. The van der Waals surface area contributed by atoms with Crippen LogP contribution in [0.4, 0.5) is 18.9 Å². The third-order valence-corrected chi connectivity index (χ3v) is 8.14. The van der Waals surface area contributed by atoms with Crippen LogP contribution in [0.3, 0.4) is 0 Å². The van der Waals surface area contributed by atoms with E-state index in [1.54, 1.807) is 29.2 Å². The summed E-state index contributed by atoms with van der Waals surface area (Å²) in [4.78, 5) is 54.2. The molecule has 2 aromatic heterocycles. The number of amides is 3. The summed E-state index contributed by atoms with van der Waals surface area (Å²) in [6.07, 6.45) is -1.45. The molecule has 44 heavy (non-hydrogen) atoms. The van der Waals surface area contributed by atoms with Crippen LogP contribution in [0.5, 0.6) is 0 Å². The van der Waals surface area contributed by atoms with Gasteiger partial charge >= 0.3 is 6.18 Å². The SMILES string of the molecule is O=C(Cn1cc(C(F)(F)F)ccc1=O)NCc1cc2cc(C(=O)N3CCC(N4C(=O)CCc5ccccc54)CC3)ccc2o1. The Kier molecular flexibility index (Phi) is 7.74. The van der Waals surface area contributed by atoms with Crippen molar-refractivity contribution in [1.82, 2.24) is 14.8 Å². The Morgan fingerprint density at radius 3 is 2.50 bits per heavy atom. The first-order valence-corrected chi connectivity index (χ1v) is 14.3. The van der Waals surface area contributed by atoms with Gasteiger partial charge in [0.2, 0.25) is 11.8 Å². The van der Waals surface area contributed by atoms with Crippen LogP contribution >= 0.6 is 0 Å². The normalized spacial score (nSPS) is 15.8. The zero-order chi connectivity index (χ0) is 31.0. The summed E-state index contributed by atoms with van der Waals surface area (Å²) in [6, 6.07) is 16.2. The number of piperidine rings is 1. The average Bonchev–Trinajstić information content (AvgIpc) is 3.43. The van der Waals surface area contributed by atoms with Gasteiger partial charge in [-0.05, 0) is 61.2 Å². The van der Waals surface area contributed by atoms with Crippen LogP contribution in [0.2, 0.25) is 0 Å². The number of likely N-dealkylation sites (tertiary alicyclic amines) is 1. The molecule has 9 nitrogen and oxygen atoms in total. The number of aryl methyl sites for hydroxylation is 1. The number of nitrogens with one attached hydrogen (secondary N) is 1. The lowest BCUT2D eigenvalue weighted by atomic mass is 9.95. The molecule has 1 fully saturated rings. The van der Waals surface area contributed by atoms with Gasteiger partial charge in [-0.2, -0.15) is 13.2 Å². The van der Waals surface area contributed by atoms with Crippen molar-refractivity contribution in [3.8, 4) is 0 Å². The number of carbonyl (C=O) groups is 3. The maximum Gasteiger partial charge on any atom is 0.417 e. The number of nitrogens with zero attached hydrogens (tertiary/aromatic N) is 3. The van der Waals surface area contributed by atoms with Crippen molar-refractivity contribution in [3.63, 3.8) is 0 Å². The summed E-state index contributed by atoms with van der Waals surface area (Å²) in [7, 11) is 0. The fraction of sp³-hybridized carbons (Fsp3) is 0.312. The van der Waals surface area contributed by atoms with Crippen molar-refractivity contribution >= 4 is 34.4 Å². The highest BCUT2D eigenvalue weighted by atomic mass is 19.4. The number of hydrogen-bond acceptors (Lipinski definition) is 5. The number of hydrogen-bond donors (Lipinski definition) is 1. The van der Waals surface area contributed by atoms with Crippen molar-refractivity contribution in [2.75, 3.05) is 18.0 Å². The molecule has 1 N–H and O–H groups in total. The molecule has 6 rings (SSSR count). The Bertz CT molecular complexity index is 1800. The van der Waals surface area contributed by atoms with Crippen LogP contribution in [-0.2, 0) is 35.3 Å². The van der Waals surface area contributed by atoms with E-state index in [0.29, 0.717) is 71.5 Å². The topological polar surface area (TPSA) is 105 Å². The number of benzene rings is 2. The third kappa shape index (κ3) is 5.97. The maximum atomic E-state index is 13.4. The highest BCUT2D eigenvalue weighted by Crippen LogP contribution is 2.33. The number of carbonyl (C=O) groups excluding carboxylic acids is 3. The van der Waals surface area contributed by atoms with E-state index in [-0.39, 0.29) is 24.4 Å². The minimum Gasteiger partial charge on any atom is -0.459 e. The quantitative estimate of drug-likeness (QED) is 0.348. The van der Waals surface area contributed by atoms with Gasteiger partial charge in [0.05, 0.1) is 12.1 Å². The van der Waals surface area contributed by atoms with E-state index >= 15 is 0 Å². The van der Waals surface area contributed by atoms with Gasteiger partial charge in [0.1, 0.15) is 17.9 Å². The fourth-order valence-electron chi connectivity index (χ4n) is 5.90. The van der Waals surface area contributed by atoms with E-state index in [2.05, 4.69) is 11.4 Å². The van der Waals surface area contributed by atoms with Crippen molar-refractivity contribution in [1.29, 1.82) is 0 Å². The Morgan fingerprint density at radius 2 is 1.73 bits per heavy atom. The van der Waals surface area contributed by atoms with Gasteiger partial charge in [-0.15, -0.1) is 0 Å². The number of pyridine rings is 1. The van der Waals surface area contributed by atoms with Crippen LogP contribution in [0, 0.1) is 0 Å². The Balaban J connectivity index is 1.06. The Morgan fingerprint density at radius 1 is 0.955 bits per heavy atom. The molecule has 4 heterocycles. The first-order valence-electron chi connectivity index (χ1n) is 14.3. The van der Waals surface area contributed by atoms with Gasteiger partial charge in [0.25, 0.3) is 11.5 Å². The molecule has 4 aromatic rings. The molecule has 0 aliphatic carbocycles. The van der Waals surface area contributed by atoms with Gasteiger partial charge in [0, 0.05) is 54.5 Å². The highest BCUT2D eigenvalue weighted by Gasteiger charge is 2.34. The van der Waals surface area contributed by atoms with Crippen LogP contribution in [0.1, 0.15) is 46.5 Å². The molecule has 2 aliphatic heterocycles. The molecule has 2 aliphatic rings. The number of furan rings is 1. The fourth-order valence-corrected chi connectivity index (χ4v) is 5.90. The van der Waals surface area contributed by atoms with E-state index in [1.165, 1.54) is 5.56 Å². The second-order valence-corrected chi connectivity index (χ2v) is 11.0. The molecule has 0 bridgehead atoms. The summed E-state index contributed by atoms with van der Waals surface area (Å²) in [6.45, 7) is 0.392. The molecule has 0 radical (unpaired) electrons. The zero-order valence-electron chi connectivity index (χ0n) is 23.6. The van der Waals surface area contributed by atoms with E-state index < -0.39 is 29.8 Å². The van der Waals surface area contributed by atoms with Gasteiger partial charge in [-0.3, -0.25) is 19.2 Å². The number of halogens is 3. The van der Waals surface area contributed by atoms with Crippen LogP contribution in [0.25, 0.3) is 11.0 Å². The molecule has 12 heteroatoms. The summed E-state index contributed by atoms with van der Waals surface area (Å²) in [5.74, 6) is -0.295. The van der Waals surface area contributed by atoms with Crippen molar-refractivity contribution in [2.24, 2.45) is 0 Å². The molecule has 0 saturated carbocycles. The lowest BCUT2D eigenvalue weighted by Crippen LogP contribution is -2.50. The largest absolute Gasteiger partial charge is 0.459 e. The second kappa shape index (κ2) is 11.7. The van der Waals surface area contributed by atoms with Gasteiger partial charge in [0.15, 0.2) is 0 Å². The minimum absolute atomic E-state index is 0.0364. The molecular formula is C32H29F3N4O5. The molecular weight excluding hydrogens is 577 g/mol. The summed E-state index contributed by atoms with van der Waals surface area (Å²) in [5.41, 5.74) is 1.36. The number of aromatic nitrogens is 1. The molecule has 0 unspecified atom stereocenters. The molecule has 1 saturated heterocycles. The standard InChI is InChI=1S/C32H29F3N4O5/c33-32(34,35)23-7-10-29(41)38(18-23)19-28(40)36-17-25-16-22-15-21(5-8-27(22)44-25)31(43)37-13-11-24(12-14-37)39-26-4-2-1-3-20(26)6-9-30(39)42/h1-5,7-8,10,15-16,18,24H,6,9,11-14,17,19H2,(H,36,40). The highest BCUT2D eigenvalue weighted by molar-refractivity contribution is 5.99. The monoisotopic (exact) mass is 606 g/mol. The number of alkyl halides is 3. The van der Waals surface area contributed by atoms with Crippen LogP contribution in [-0.4, -0.2) is 46.3 Å². The lowest BCUT2D eigenvalue weighted by Gasteiger charge is -2.41. The number of para-hydroxylation sites is 1. The van der Waals surface area contributed by atoms with Gasteiger partial charge < -0.3 is 24.1 Å². The predicted octanol–water partition coefficient (Wildman–Crippen LogP) is 4.51. The first kappa shape index (κ1) is 29.2. The number of anilines is 1. The second-order valence-electron chi connectivity index (χ2n) is 11.0. The number of fused-ring (bicyclic) bond motifs is 2. The molecule has 0 spiro atoms. The molecule has 0 atom stereocenters. The predicted molar refractivity (Wildman–Crippen MR) is 155 cm³/mol. The zero-order valence-corrected chi connectivity index (χ0v) is 23.6. The van der Waals surface area contributed by atoms with Crippen molar-refractivity contribution in [3.05, 3.63) is 99.7 Å². The third-order valence-electron chi connectivity index (χ3n) is 8.14. The molecule has 3 amide bonds. The van der Waals surface area contributed by atoms with Gasteiger partial charge in [-0.25, -0.2) is 0 Å². The van der Waals surface area contributed by atoms with E-state index in [9.17, 15) is 32.3 Å². The van der Waals surface area contributed by atoms with E-state index in [1.807, 2.05) is 23.1 Å². The average molecular weight is 607 g/mol. The lowest BCUT2D eigenvalue weighted by molar-refractivity contribution is -0.138. The Labute approximate surface area is 249 Å². The summed E-state index contributed by atoms with van der Waals surface area (Å²) in [5, 5.41) is 3.20. The van der Waals surface area contributed by atoms with Crippen LogP contribution < -0.4 is 15.8 Å². The van der Waals surface area contributed by atoms with Gasteiger partial charge in [-0.1, -0.05) is 18.2 Å². The first-order chi connectivity index (χ1) is 21.1. The van der Waals surface area contributed by atoms with Crippen molar-refractivity contribution < 1.29 is 32.0 Å². The smallest absolute Gasteiger partial charge is 0.417 e. The van der Waals surface area contributed by atoms with E-state index in [0.717, 1.165) is 18.2 Å². The van der Waals surface area contributed by atoms with Crippen molar-refractivity contribution in [2.45, 2.75) is 51.0 Å². The Hall–Kier alpha value is -4.87. The molecule has 2 aromatic carbocycles. The molecule has 228 valence electrons. The van der Waals surface area contributed by atoms with Crippen LogP contribution in [0.15, 0.2) is 76.1 Å². The minimum atomic E-state index is -4.64.